The Morgan fingerprint density at radius 3 is 2.77 bits per heavy atom. The van der Waals surface area contributed by atoms with Gasteiger partial charge in [0.1, 0.15) is 0 Å². The first-order valence-corrected chi connectivity index (χ1v) is 7.31. The fourth-order valence-electron chi connectivity index (χ4n) is 2.74. The van der Waals surface area contributed by atoms with Crippen molar-refractivity contribution in [1.82, 2.24) is 9.55 Å². The summed E-state index contributed by atoms with van der Waals surface area (Å²) in [7, 11) is 0. The summed E-state index contributed by atoms with van der Waals surface area (Å²) >= 11 is 0. The van der Waals surface area contributed by atoms with Gasteiger partial charge in [-0.3, -0.25) is 4.98 Å². The normalized spacial score (nSPS) is 11.2. The standard InChI is InChI=1S/C18H18N2O2/c1-12(2)16-11-20(10-13-4-3-7-19-9-13)17-6-5-14(18(21)22)8-15(16)17/h3-9,11-12H,10H2,1-2H3,(H,21,22). The van der Waals surface area contributed by atoms with Crippen molar-refractivity contribution < 1.29 is 9.90 Å². The van der Waals surface area contributed by atoms with Crippen LogP contribution in [-0.2, 0) is 6.54 Å². The molecule has 1 aromatic carbocycles. The van der Waals surface area contributed by atoms with E-state index in [1.54, 1.807) is 18.3 Å². The van der Waals surface area contributed by atoms with Crippen LogP contribution in [0.2, 0.25) is 0 Å². The van der Waals surface area contributed by atoms with Crippen molar-refractivity contribution in [3.05, 3.63) is 65.6 Å². The largest absolute Gasteiger partial charge is 0.478 e. The molecule has 0 atom stereocenters. The third-order valence-corrected chi connectivity index (χ3v) is 3.86. The van der Waals surface area contributed by atoms with Crippen molar-refractivity contribution in [2.45, 2.75) is 26.3 Å². The lowest BCUT2D eigenvalue weighted by molar-refractivity contribution is 0.0697. The number of hydrogen-bond donors (Lipinski definition) is 1. The molecule has 4 heteroatoms. The summed E-state index contributed by atoms with van der Waals surface area (Å²) in [5.41, 5.74) is 3.67. The second-order valence-corrected chi connectivity index (χ2v) is 5.77. The van der Waals surface area contributed by atoms with E-state index in [1.165, 1.54) is 5.56 Å². The van der Waals surface area contributed by atoms with Crippen LogP contribution in [0.3, 0.4) is 0 Å². The molecule has 0 aliphatic carbocycles. The van der Waals surface area contributed by atoms with Crippen LogP contribution < -0.4 is 0 Å². The third-order valence-electron chi connectivity index (χ3n) is 3.86. The molecule has 2 aromatic heterocycles. The zero-order chi connectivity index (χ0) is 15.7. The first-order chi connectivity index (χ1) is 10.6. The SMILES string of the molecule is CC(C)c1cn(Cc2cccnc2)c2ccc(C(=O)O)cc12. The monoisotopic (exact) mass is 294 g/mol. The van der Waals surface area contributed by atoms with E-state index in [9.17, 15) is 9.90 Å². The van der Waals surface area contributed by atoms with Gasteiger partial charge in [0, 0.05) is 36.0 Å². The van der Waals surface area contributed by atoms with E-state index in [0.29, 0.717) is 11.5 Å². The second-order valence-electron chi connectivity index (χ2n) is 5.77. The molecule has 4 nitrogen and oxygen atoms in total. The summed E-state index contributed by atoms with van der Waals surface area (Å²) in [5, 5.41) is 10.2. The molecule has 0 saturated carbocycles. The predicted octanol–water partition coefficient (Wildman–Crippen LogP) is 3.91. The number of carboxylic acids is 1. The number of carboxylic acid groups (broad SMARTS) is 1. The Hall–Kier alpha value is -2.62. The van der Waals surface area contributed by atoms with E-state index < -0.39 is 5.97 Å². The number of rotatable bonds is 4. The predicted molar refractivity (Wildman–Crippen MR) is 86.3 cm³/mol. The molecule has 2 heterocycles. The lowest BCUT2D eigenvalue weighted by atomic mass is 10.0. The zero-order valence-corrected chi connectivity index (χ0v) is 12.7. The highest BCUT2D eigenvalue weighted by molar-refractivity contribution is 5.95. The molecule has 22 heavy (non-hydrogen) atoms. The van der Waals surface area contributed by atoms with Gasteiger partial charge in [-0.1, -0.05) is 19.9 Å². The van der Waals surface area contributed by atoms with Crippen LogP contribution in [0.4, 0.5) is 0 Å². The summed E-state index contributed by atoms with van der Waals surface area (Å²) in [6.07, 6.45) is 5.73. The maximum Gasteiger partial charge on any atom is 0.335 e. The minimum atomic E-state index is -0.892. The fraction of sp³-hybridized carbons (Fsp3) is 0.222. The average molecular weight is 294 g/mol. The van der Waals surface area contributed by atoms with Crippen molar-refractivity contribution >= 4 is 16.9 Å². The molecule has 3 rings (SSSR count). The van der Waals surface area contributed by atoms with Gasteiger partial charge in [-0.05, 0) is 41.3 Å². The van der Waals surface area contributed by atoms with Gasteiger partial charge in [-0.25, -0.2) is 4.79 Å². The van der Waals surface area contributed by atoms with Crippen molar-refractivity contribution in [2.75, 3.05) is 0 Å². The Kier molecular flexibility index (Phi) is 3.67. The zero-order valence-electron chi connectivity index (χ0n) is 12.7. The van der Waals surface area contributed by atoms with E-state index in [0.717, 1.165) is 23.0 Å². The van der Waals surface area contributed by atoms with Gasteiger partial charge in [0.25, 0.3) is 0 Å². The summed E-state index contributed by atoms with van der Waals surface area (Å²) < 4.78 is 2.16. The van der Waals surface area contributed by atoms with Crippen LogP contribution in [0, 0.1) is 0 Å². The van der Waals surface area contributed by atoms with Crippen LogP contribution in [0.1, 0.15) is 41.3 Å². The Labute approximate surface area is 129 Å². The molecule has 0 unspecified atom stereocenters. The van der Waals surface area contributed by atoms with Crippen LogP contribution in [0.25, 0.3) is 10.9 Å². The van der Waals surface area contributed by atoms with E-state index in [4.69, 9.17) is 0 Å². The number of hydrogen-bond acceptors (Lipinski definition) is 2. The van der Waals surface area contributed by atoms with Crippen molar-refractivity contribution in [3.8, 4) is 0 Å². The van der Waals surface area contributed by atoms with Gasteiger partial charge < -0.3 is 9.67 Å². The Morgan fingerprint density at radius 2 is 2.14 bits per heavy atom. The molecule has 0 bridgehead atoms. The van der Waals surface area contributed by atoms with Crippen LogP contribution in [-0.4, -0.2) is 20.6 Å². The summed E-state index contributed by atoms with van der Waals surface area (Å²) in [5.74, 6) is -0.557. The van der Waals surface area contributed by atoms with Crippen LogP contribution >= 0.6 is 0 Å². The molecule has 0 spiro atoms. The number of aromatic nitrogens is 2. The number of fused-ring (bicyclic) bond motifs is 1. The first kappa shape index (κ1) is 14.3. The smallest absolute Gasteiger partial charge is 0.335 e. The van der Waals surface area contributed by atoms with E-state index in [1.807, 2.05) is 24.4 Å². The maximum absolute atomic E-state index is 11.2. The van der Waals surface area contributed by atoms with Gasteiger partial charge >= 0.3 is 5.97 Å². The lowest BCUT2D eigenvalue weighted by Crippen LogP contribution is -1.99. The average Bonchev–Trinajstić information content (AvgIpc) is 2.86. The minimum absolute atomic E-state index is 0.327. The third kappa shape index (κ3) is 2.60. The van der Waals surface area contributed by atoms with Gasteiger partial charge in [-0.2, -0.15) is 0 Å². The van der Waals surface area contributed by atoms with Crippen molar-refractivity contribution in [3.63, 3.8) is 0 Å². The maximum atomic E-state index is 11.2. The highest BCUT2D eigenvalue weighted by Gasteiger charge is 2.14. The Bertz CT molecular complexity index is 820. The number of carbonyl (C=O) groups is 1. The molecule has 112 valence electrons. The van der Waals surface area contributed by atoms with E-state index >= 15 is 0 Å². The molecule has 0 amide bonds. The molecule has 0 aliphatic rings. The molecule has 1 N–H and O–H groups in total. The summed E-state index contributed by atoms with van der Waals surface area (Å²) in [4.78, 5) is 15.4. The minimum Gasteiger partial charge on any atom is -0.478 e. The number of pyridine rings is 1. The Balaban J connectivity index is 2.13. The molecule has 0 saturated heterocycles. The van der Waals surface area contributed by atoms with Gasteiger partial charge in [-0.15, -0.1) is 0 Å². The topological polar surface area (TPSA) is 55.1 Å². The number of nitrogens with zero attached hydrogens (tertiary/aromatic N) is 2. The molecule has 0 fully saturated rings. The lowest BCUT2D eigenvalue weighted by Gasteiger charge is -2.05. The number of benzene rings is 1. The molecular formula is C18H18N2O2. The second kappa shape index (κ2) is 5.64. The summed E-state index contributed by atoms with van der Waals surface area (Å²) in [6.45, 7) is 4.97. The van der Waals surface area contributed by atoms with Gasteiger partial charge in [0.15, 0.2) is 0 Å². The molecular weight excluding hydrogens is 276 g/mol. The highest BCUT2D eigenvalue weighted by atomic mass is 16.4. The quantitative estimate of drug-likeness (QED) is 0.793. The summed E-state index contributed by atoms with van der Waals surface area (Å²) in [6, 6.07) is 9.29. The molecule has 0 radical (unpaired) electrons. The van der Waals surface area contributed by atoms with Crippen molar-refractivity contribution in [2.24, 2.45) is 0 Å². The van der Waals surface area contributed by atoms with Gasteiger partial charge in [0.2, 0.25) is 0 Å². The number of aromatic carboxylic acids is 1. The molecule has 0 aliphatic heterocycles. The van der Waals surface area contributed by atoms with Gasteiger partial charge in [0.05, 0.1) is 5.56 Å². The van der Waals surface area contributed by atoms with Crippen molar-refractivity contribution in [1.29, 1.82) is 0 Å². The Morgan fingerprint density at radius 1 is 1.32 bits per heavy atom. The van der Waals surface area contributed by atoms with Crippen LogP contribution in [0.5, 0.6) is 0 Å². The fourth-order valence-corrected chi connectivity index (χ4v) is 2.74. The highest BCUT2D eigenvalue weighted by Crippen LogP contribution is 2.29. The van der Waals surface area contributed by atoms with Crippen LogP contribution in [0.15, 0.2) is 48.9 Å². The van der Waals surface area contributed by atoms with E-state index in [2.05, 4.69) is 29.6 Å². The first-order valence-electron chi connectivity index (χ1n) is 7.31. The molecule has 3 aromatic rings. The van der Waals surface area contributed by atoms with E-state index in [-0.39, 0.29) is 0 Å².